The number of nitrogens with zero attached hydrogens (tertiary/aromatic N) is 1. The summed E-state index contributed by atoms with van der Waals surface area (Å²) in [6.07, 6.45) is 0. The summed E-state index contributed by atoms with van der Waals surface area (Å²) < 4.78 is 14.0. The standard InChI is InChI=1S/C45H28FN/c46-31-20-22-33(23-21-31)47(32-11-2-1-3-12-32)34-24-27-36-30(28-34)19-26-40-39-25-18-29-10-4-5-13-35(29)43(39)45(44(36)40)41-16-8-6-14-37(41)38-15-7-9-17-42(38)45/h1-28H. The number of hydrogen-bond donors (Lipinski definition) is 0. The summed E-state index contributed by atoms with van der Waals surface area (Å²) >= 11 is 0. The topological polar surface area (TPSA) is 3.24 Å². The van der Waals surface area contributed by atoms with Crippen molar-refractivity contribution in [3.63, 3.8) is 0 Å². The summed E-state index contributed by atoms with van der Waals surface area (Å²) in [6, 6.07) is 59.9. The smallest absolute Gasteiger partial charge is 0.123 e. The average molecular weight is 602 g/mol. The van der Waals surface area contributed by atoms with Gasteiger partial charge in [-0.2, -0.15) is 0 Å². The van der Waals surface area contributed by atoms with Crippen molar-refractivity contribution in [3.05, 3.63) is 198 Å². The monoisotopic (exact) mass is 601 g/mol. The zero-order chi connectivity index (χ0) is 31.1. The summed E-state index contributed by atoms with van der Waals surface area (Å²) in [6.45, 7) is 0. The summed E-state index contributed by atoms with van der Waals surface area (Å²) in [4.78, 5) is 2.20. The molecule has 0 atom stereocenters. The minimum Gasteiger partial charge on any atom is -0.310 e. The second-order valence-corrected chi connectivity index (χ2v) is 12.6. The van der Waals surface area contributed by atoms with E-state index in [2.05, 4.69) is 132 Å². The fraction of sp³-hybridized carbons (Fsp3) is 0.0222. The van der Waals surface area contributed by atoms with Gasteiger partial charge in [0.25, 0.3) is 0 Å². The average Bonchev–Trinajstić information content (AvgIpc) is 3.60. The molecule has 0 aromatic heterocycles. The molecule has 0 heterocycles. The lowest BCUT2D eigenvalue weighted by molar-refractivity contribution is 0.628. The molecule has 1 nitrogen and oxygen atoms in total. The Bertz CT molecular complexity index is 2490. The van der Waals surface area contributed by atoms with E-state index < -0.39 is 5.41 Å². The van der Waals surface area contributed by atoms with Gasteiger partial charge in [0.2, 0.25) is 0 Å². The Hall–Kier alpha value is -5.99. The van der Waals surface area contributed by atoms with E-state index in [4.69, 9.17) is 0 Å². The van der Waals surface area contributed by atoms with Crippen molar-refractivity contribution in [2.75, 3.05) is 4.90 Å². The van der Waals surface area contributed by atoms with Crippen LogP contribution in [-0.2, 0) is 5.41 Å². The molecule has 0 saturated carbocycles. The predicted molar refractivity (Wildman–Crippen MR) is 192 cm³/mol. The highest BCUT2D eigenvalue weighted by molar-refractivity contribution is 6.09. The van der Waals surface area contributed by atoms with Gasteiger partial charge in [-0.05, 0) is 115 Å². The van der Waals surface area contributed by atoms with E-state index in [0.717, 1.165) is 17.1 Å². The van der Waals surface area contributed by atoms with E-state index in [-0.39, 0.29) is 5.82 Å². The Morgan fingerprint density at radius 3 is 1.62 bits per heavy atom. The molecule has 2 aliphatic rings. The van der Waals surface area contributed by atoms with Crippen molar-refractivity contribution in [1.29, 1.82) is 0 Å². The van der Waals surface area contributed by atoms with E-state index >= 15 is 0 Å². The molecule has 2 heteroatoms. The van der Waals surface area contributed by atoms with Gasteiger partial charge >= 0.3 is 0 Å². The molecular formula is C45H28FN. The Labute approximate surface area is 272 Å². The molecule has 0 N–H and O–H groups in total. The fourth-order valence-electron chi connectivity index (χ4n) is 8.50. The van der Waals surface area contributed by atoms with E-state index in [9.17, 15) is 4.39 Å². The van der Waals surface area contributed by atoms with Crippen LogP contribution in [0, 0.1) is 5.82 Å². The number of halogens is 1. The first-order chi connectivity index (χ1) is 23.2. The normalized spacial score (nSPS) is 13.4. The second-order valence-electron chi connectivity index (χ2n) is 12.6. The van der Waals surface area contributed by atoms with E-state index in [1.54, 1.807) is 0 Å². The SMILES string of the molecule is Fc1ccc(N(c2ccccc2)c2ccc3c4c(ccc3c2)-c2ccc3ccccc3c2C42c3ccccc3-c3ccccc32)cc1. The molecule has 0 unspecified atom stereocenters. The summed E-state index contributed by atoms with van der Waals surface area (Å²) in [7, 11) is 0. The minimum atomic E-state index is -0.462. The summed E-state index contributed by atoms with van der Waals surface area (Å²) in [5.74, 6) is -0.245. The fourth-order valence-corrected chi connectivity index (χ4v) is 8.50. The predicted octanol–water partition coefficient (Wildman–Crippen LogP) is 11.9. The third-order valence-electron chi connectivity index (χ3n) is 10.3. The maximum absolute atomic E-state index is 14.0. The van der Waals surface area contributed by atoms with Gasteiger partial charge in [-0.15, -0.1) is 0 Å². The van der Waals surface area contributed by atoms with Crippen molar-refractivity contribution < 1.29 is 4.39 Å². The van der Waals surface area contributed by atoms with Gasteiger partial charge in [0.15, 0.2) is 0 Å². The van der Waals surface area contributed by atoms with Gasteiger partial charge in [-0.25, -0.2) is 4.39 Å². The number of rotatable bonds is 3. The van der Waals surface area contributed by atoms with Crippen LogP contribution in [0.1, 0.15) is 22.3 Å². The Kier molecular flexibility index (Phi) is 5.45. The van der Waals surface area contributed by atoms with Gasteiger partial charge in [-0.1, -0.05) is 121 Å². The molecule has 0 saturated heterocycles. The van der Waals surface area contributed by atoms with E-state index in [1.165, 1.54) is 78.2 Å². The number of para-hydroxylation sites is 1. The molecule has 0 fully saturated rings. The van der Waals surface area contributed by atoms with Gasteiger partial charge in [-0.3, -0.25) is 0 Å². The lowest BCUT2D eigenvalue weighted by atomic mass is 9.68. The van der Waals surface area contributed by atoms with Crippen molar-refractivity contribution in [3.8, 4) is 22.3 Å². The third-order valence-corrected chi connectivity index (χ3v) is 10.3. The molecule has 0 aliphatic heterocycles. The van der Waals surface area contributed by atoms with E-state index in [1.807, 2.05) is 30.3 Å². The maximum Gasteiger partial charge on any atom is 0.123 e. The molecule has 1 spiro atoms. The molecule has 0 radical (unpaired) electrons. The van der Waals surface area contributed by atoms with Crippen LogP contribution < -0.4 is 4.90 Å². The van der Waals surface area contributed by atoms with Crippen molar-refractivity contribution >= 4 is 38.6 Å². The first-order valence-electron chi connectivity index (χ1n) is 16.1. The maximum atomic E-state index is 14.0. The van der Waals surface area contributed by atoms with Crippen molar-refractivity contribution in [2.24, 2.45) is 0 Å². The zero-order valence-corrected chi connectivity index (χ0v) is 25.5. The number of benzene rings is 8. The van der Waals surface area contributed by atoms with E-state index in [0.29, 0.717) is 0 Å². The van der Waals surface area contributed by atoms with Crippen LogP contribution in [0.25, 0.3) is 43.8 Å². The lowest BCUT2D eigenvalue weighted by Crippen LogP contribution is -2.26. The molecule has 8 aromatic carbocycles. The number of anilines is 3. The molecule has 220 valence electrons. The van der Waals surface area contributed by atoms with Crippen molar-refractivity contribution in [1.82, 2.24) is 0 Å². The van der Waals surface area contributed by atoms with Crippen LogP contribution in [0.3, 0.4) is 0 Å². The van der Waals surface area contributed by atoms with Crippen LogP contribution in [-0.4, -0.2) is 0 Å². The Morgan fingerprint density at radius 2 is 0.915 bits per heavy atom. The van der Waals surface area contributed by atoms with Crippen molar-refractivity contribution in [2.45, 2.75) is 5.41 Å². The Balaban J connectivity index is 1.30. The molecular weight excluding hydrogens is 574 g/mol. The van der Waals surface area contributed by atoms with Gasteiger partial charge in [0.1, 0.15) is 5.82 Å². The second kappa shape index (κ2) is 9.75. The largest absolute Gasteiger partial charge is 0.310 e. The van der Waals surface area contributed by atoms with Crippen LogP contribution >= 0.6 is 0 Å². The molecule has 0 amide bonds. The highest BCUT2D eigenvalue weighted by Gasteiger charge is 2.53. The van der Waals surface area contributed by atoms with Gasteiger partial charge in [0.05, 0.1) is 5.41 Å². The molecule has 8 aromatic rings. The molecule has 0 bridgehead atoms. The first-order valence-corrected chi connectivity index (χ1v) is 16.1. The van der Waals surface area contributed by atoms with Crippen LogP contribution in [0.5, 0.6) is 0 Å². The Morgan fingerprint density at radius 1 is 0.383 bits per heavy atom. The first kappa shape index (κ1) is 26.2. The molecule has 47 heavy (non-hydrogen) atoms. The van der Waals surface area contributed by atoms with Crippen LogP contribution in [0.4, 0.5) is 21.5 Å². The quantitative estimate of drug-likeness (QED) is 0.195. The highest BCUT2D eigenvalue weighted by Crippen LogP contribution is 2.65. The highest BCUT2D eigenvalue weighted by atomic mass is 19.1. The van der Waals surface area contributed by atoms with Gasteiger partial charge in [0, 0.05) is 17.1 Å². The van der Waals surface area contributed by atoms with Gasteiger partial charge < -0.3 is 4.90 Å². The minimum absolute atomic E-state index is 0.245. The molecule has 10 rings (SSSR count). The zero-order valence-electron chi connectivity index (χ0n) is 25.5. The summed E-state index contributed by atoms with van der Waals surface area (Å²) in [5.41, 5.74) is 13.1. The molecule has 2 aliphatic carbocycles. The summed E-state index contributed by atoms with van der Waals surface area (Å²) in [5, 5.41) is 4.96. The van der Waals surface area contributed by atoms with Crippen LogP contribution in [0.2, 0.25) is 0 Å². The third kappa shape index (κ3) is 3.53. The lowest BCUT2D eigenvalue weighted by Gasteiger charge is -2.32. The van der Waals surface area contributed by atoms with Crippen LogP contribution in [0.15, 0.2) is 170 Å². The number of hydrogen-bond acceptors (Lipinski definition) is 1. The number of fused-ring (bicyclic) bond motifs is 14.